The summed E-state index contributed by atoms with van der Waals surface area (Å²) in [6, 6.07) is 7.04. The Hall–Kier alpha value is -1.95. The van der Waals surface area contributed by atoms with E-state index in [2.05, 4.69) is 6.58 Å². The molecule has 1 aromatic rings. The Bertz CT molecular complexity index is 563. The molecule has 0 saturated heterocycles. The van der Waals surface area contributed by atoms with Gasteiger partial charge in [-0.2, -0.15) is 0 Å². The fourth-order valence-electron chi connectivity index (χ4n) is 1.77. The van der Waals surface area contributed by atoms with Crippen molar-refractivity contribution in [3.05, 3.63) is 52.1 Å². The van der Waals surface area contributed by atoms with E-state index in [-0.39, 0.29) is 16.7 Å². The normalized spacial score (nSPS) is 12.6. The molecule has 0 spiro atoms. The van der Waals surface area contributed by atoms with E-state index in [4.69, 9.17) is 4.43 Å². The number of rotatable bonds is 5. The Morgan fingerprint density at radius 1 is 1.43 bits per heavy atom. The molecule has 1 aromatic carbocycles. The standard InChI is InChI=1S/C15H21NO4Si/c1-11(2)14(17)20-21(15(3,4)5)10-12-7-6-8-13(9-12)16(18)19/h6-9,21H,1,10H2,2-5H3. The molecule has 1 unspecified atom stereocenters. The van der Waals surface area contributed by atoms with Crippen molar-refractivity contribution in [1.29, 1.82) is 0 Å². The Labute approximate surface area is 126 Å². The van der Waals surface area contributed by atoms with E-state index in [0.717, 1.165) is 5.56 Å². The number of nitro benzene ring substituents is 1. The molecule has 1 atom stereocenters. The fraction of sp³-hybridized carbons (Fsp3) is 0.400. The third-order valence-electron chi connectivity index (χ3n) is 3.11. The molecule has 5 nitrogen and oxygen atoms in total. The van der Waals surface area contributed by atoms with Gasteiger partial charge in [0.25, 0.3) is 5.69 Å². The highest BCUT2D eigenvalue weighted by Gasteiger charge is 2.31. The fourth-order valence-corrected chi connectivity index (χ4v) is 3.96. The van der Waals surface area contributed by atoms with Crippen molar-refractivity contribution in [1.82, 2.24) is 0 Å². The van der Waals surface area contributed by atoms with Crippen molar-refractivity contribution >= 4 is 20.7 Å². The molecule has 0 aliphatic carbocycles. The molecule has 6 heteroatoms. The van der Waals surface area contributed by atoms with Gasteiger partial charge in [-0.1, -0.05) is 39.5 Å². The summed E-state index contributed by atoms with van der Waals surface area (Å²) in [5, 5.41) is 10.7. The molecule has 0 N–H and O–H groups in total. The molecule has 1 rings (SSSR count). The van der Waals surface area contributed by atoms with E-state index >= 15 is 0 Å². The molecule has 0 aromatic heterocycles. The third kappa shape index (κ3) is 5.15. The SMILES string of the molecule is C=C(C)C(=O)O[SiH](Cc1cccc([N+](=O)[O-])c1)C(C)(C)C. The Balaban J connectivity index is 2.96. The number of non-ortho nitro benzene ring substituents is 1. The summed E-state index contributed by atoms with van der Waals surface area (Å²) in [4.78, 5) is 22.2. The summed E-state index contributed by atoms with van der Waals surface area (Å²) in [6.07, 6.45) is 0. The minimum absolute atomic E-state index is 0.0559. The topological polar surface area (TPSA) is 69.4 Å². The van der Waals surface area contributed by atoms with Crippen LogP contribution < -0.4 is 0 Å². The largest absolute Gasteiger partial charge is 0.518 e. The van der Waals surface area contributed by atoms with Crippen LogP contribution in [0.5, 0.6) is 0 Å². The number of hydrogen-bond donors (Lipinski definition) is 0. The summed E-state index contributed by atoms with van der Waals surface area (Å²) in [7, 11) is -1.95. The zero-order chi connectivity index (χ0) is 16.2. The van der Waals surface area contributed by atoms with Gasteiger partial charge in [-0.05, 0) is 17.5 Å². The predicted molar refractivity (Wildman–Crippen MR) is 84.6 cm³/mol. The average molecular weight is 307 g/mol. The molecule has 0 heterocycles. The lowest BCUT2D eigenvalue weighted by Gasteiger charge is -2.28. The number of nitrogens with zero attached hydrogens (tertiary/aromatic N) is 1. The van der Waals surface area contributed by atoms with Gasteiger partial charge in [0.2, 0.25) is 9.04 Å². The number of hydrogen-bond acceptors (Lipinski definition) is 4. The van der Waals surface area contributed by atoms with Crippen LogP contribution in [0.3, 0.4) is 0 Å². The molecule has 21 heavy (non-hydrogen) atoms. The highest BCUT2D eigenvalue weighted by atomic mass is 28.3. The Morgan fingerprint density at radius 2 is 2.05 bits per heavy atom. The second-order valence-electron chi connectivity index (χ2n) is 6.17. The maximum Gasteiger partial charge on any atom is 0.319 e. The van der Waals surface area contributed by atoms with E-state index in [0.29, 0.717) is 11.6 Å². The maximum absolute atomic E-state index is 11.8. The molecule has 0 fully saturated rings. The van der Waals surface area contributed by atoms with Crippen molar-refractivity contribution in [3.8, 4) is 0 Å². The van der Waals surface area contributed by atoms with Crippen LogP contribution in [0.25, 0.3) is 0 Å². The Kier molecular flexibility index (Phi) is 5.43. The van der Waals surface area contributed by atoms with Crippen molar-refractivity contribution in [2.75, 3.05) is 0 Å². The molecule has 0 aliphatic rings. The lowest BCUT2D eigenvalue weighted by atomic mass is 10.2. The number of nitro groups is 1. The summed E-state index contributed by atoms with van der Waals surface area (Å²) in [5.74, 6) is -0.382. The first kappa shape index (κ1) is 17.1. The van der Waals surface area contributed by atoms with Crippen LogP contribution in [-0.2, 0) is 15.3 Å². The molecule has 114 valence electrons. The molecular weight excluding hydrogens is 286 g/mol. The van der Waals surface area contributed by atoms with E-state index in [1.807, 2.05) is 26.8 Å². The first-order chi connectivity index (χ1) is 9.61. The van der Waals surface area contributed by atoms with Crippen LogP contribution in [-0.4, -0.2) is 19.9 Å². The third-order valence-corrected chi connectivity index (χ3v) is 6.38. The van der Waals surface area contributed by atoms with E-state index in [1.165, 1.54) is 6.07 Å². The van der Waals surface area contributed by atoms with Crippen LogP contribution in [0.2, 0.25) is 5.04 Å². The Morgan fingerprint density at radius 3 is 2.52 bits per heavy atom. The van der Waals surface area contributed by atoms with Crippen LogP contribution in [0.4, 0.5) is 5.69 Å². The van der Waals surface area contributed by atoms with Gasteiger partial charge in [-0.3, -0.25) is 10.1 Å². The van der Waals surface area contributed by atoms with Gasteiger partial charge in [0, 0.05) is 23.7 Å². The van der Waals surface area contributed by atoms with E-state index in [9.17, 15) is 14.9 Å². The first-order valence-electron chi connectivity index (χ1n) is 6.71. The van der Waals surface area contributed by atoms with Crippen LogP contribution in [0.15, 0.2) is 36.4 Å². The van der Waals surface area contributed by atoms with Crippen molar-refractivity contribution in [2.45, 2.75) is 38.8 Å². The van der Waals surface area contributed by atoms with E-state index < -0.39 is 14.0 Å². The van der Waals surface area contributed by atoms with Crippen molar-refractivity contribution < 1.29 is 14.1 Å². The van der Waals surface area contributed by atoms with Gasteiger partial charge < -0.3 is 4.43 Å². The van der Waals surface area contributed by atoms with E-state index in [1.54, 1.807) is 19.1 Å². The highest BCUT2D eigenvalue weighted by Crippen LogP contribution is 2.30. The minimum atomic E-state index is -1.95. The summed E-state index contributed by atoms with van der Waals surface area (Å²) < 4.78 is 5.61. The van der Waals surface area contributed by atoms with Crippen LogP contribution >= 0.6 is 0 Å². The molecule has 0 amide bonds. The zero-order valence-corrected chi connectivity index (χ0v) is 14.0. The van der Waals surface area contributed by atoms with Crippen LogP contribution in [0, 0.1) is 10.1 Å². The van der Waals surface area contributed by atoms with Gasteiger partial charge in [0.15, 0.2) is 0 Å². The molecular formula is C15H21NO4Si. The van der Waals surface area contributed by atoms with Crippen molar-refractivity contribution in [2.24, 2.45) is 0 Å². The summed E-state index contributed by atoms with van der Waals surface area (Å²) in [5.41, 5.74) is 1.25. The monoisotopic (exact) mass is 307 g/mol. The minimum Gasteiger partial charge on any atom is -0.518 e. The van der Waals surface area contributed by atoms with Gasteiger partial charge in [0.05, 0.1) is 4.92 Å². The molecule has 0 aliphatic heterocycles. The summed E-state index contributed by atoms with van der Waals surface area (Å²) >= 11 is 0. The second-order valence-corrected chi connectivity index (χ2v) is 9.52. The molecule has 0 bridgehead atoms. The van der Waals surface area contributed by atoms with Crippen LogP contribution in [0.1, 0.15) is 33.3 Å². The number of carbonyl (C=O) groups is 1. The average Bonchev–Trinajstić information content (AvgIpc) is 2.36. The first-order valence-corrected chi connectivity index (χ1v) is 8.57. The number of benzene rings is 1. The zero-order valence-electron chi connectivity index (χ0n) is 12.9. The maximum atomic E-state index is 11.8. The van der Waals surface area contributed by atoms with Gasteiger partial charge in [0.1, 0.15) is 0 Å². The lowest BCUT2D eigenvalue weighted by molar-refractivity contribution is -0.384. The van der Waals surface area contributed by atoms with Gasteiger partial charge in [-0.15, -0.1) is 0 Å². The predicted octanol–water partition coefficient (Wildman–Crippen LogP) is 3.32. The van der Waals surface area contributed by atoms with Gasteiger partial charge >= 0.3 is 5.97 Å². The smallest absolute Gasteiger partial charge is 0.319 e. The quantitative estimate of drug-likeness (QED) is 0.362. The van der Waals surface area contributed by atoms with Gasteiger partial charge in [-0.25, -0.2) is 4.79 Å². The lowest BCUT2D eigenvalue weighted by Crippen LogP contribution is -2.35. The number of carbonyl (C=O) groups excluding carboxylic acids is 1. The summed E-state index contributed by atoms with van der Waals surface area (Å²) in [6.45, 7) is 11.3. The van der Waals surface area contributed by atoms with Crippen molar-refractivity contribution in [3.63, 3.8) is 0 Å². The second kappa shape index (κ2) is 6.67. The molecule has 0 radical (unpaired) electrons. The highest BCUT2D eigenvalue weighted by molar-refractivity contribution is 6.57. The molecule has 0 saturated carbocycles.